The van der Waals surface area contributed by atoms with Crippen LogP contribution in [0.1, 0.15) is 38.3 Å². The molecule has 0 bridgehead atoms. The Morgan fingerprint density at radius 1 is 1.50 bits per heavy atom. The van der Waals surface area contributed by atoms with Crippen LogP contribution in [0.15, 0.2) is 0 Å². The third-order valence-electron chi connectivity index (χ3n) is 3.38. The third kappa shape index (κ3) is 2.96. The molecule has 1 aliphatic heterocycles. The van der Waals surface area contributed by atoms with E-state index >= 15 is 0 Å². The molecule has 0 aliphatic carbocycles. The van der Waals surface area contributed by atoms with Crippen molar-refractivity contribution in [1.82, 2.24) is 9.78 Å². The first kappa shape index (κ1) is 13.2. The van der Waals surface area contributed by atoms with E-state index in [-0.39, 0.29) is 0 Å². The van der Waals surface area contributed by atoms with Crippen molar-refractivity contribution < 1.29 is 4.74 Å². The molecule has 1 aliphatic rings. The Bertz CT molecular complexity index is 383. The van der Waals surface area contributed by atoms with Crippen LogP contribution in [0.5, 0.6) is 0 Å². The number of anilines is 2. The molecule has 1 aromatic heterocycles. The molecule has 3 N–H and O–H groups in total. The number of nitrogens with one attached hydrogen (secondary N) is 1. The standard InChI is InChI=1S/C13H24N4O/c1-3-7-17-13(12(14)10(2)16-17)15-9-11-6-4-5-8-18-11/h11,15H,3-9,14H2,1-2H3. The van der Waals surface area contributed by atoms with E-state index in [1.54, 1.807) is 0 Å². The first-order valence-corrected chi connectivity index (χ1v) is 6.90. The quantitative estimate of drug-likeness (QED) is 0.843. The van der Waals surface area contributed by atoms with E-state index in [0.29, 0.717) is 6.10 Å². The van der Waals surface area contributed by atoms with E-state index in [0.717, 1.165) is 49.7 Å². The van der Waals surface area contributed by atoms with Gasteiger partial charge in [-0.3, -0.25) is 0 Å². The second kappa shape index (κ2) is 6.09. The Balaban J connectivity index is 1.98. The highest BCUT2D eigenvalue weighted by atomic mass is 16.5. The molecule has 0 spiro atoms. The summed E-state index contributed by atoms with van der Waals surface area (Å²) in [5.74, 6) is 0.948. The van der Waals surface area contributed by atoms with E-state index in [2.05, 4.69) is 17.3 Å². The van der Waals surface area contributed by atoms with Crippen molar-refractivity contribution in [2.45, 2.75) is 52.2 Å². The highest BCUT2D eigenvalue weighted by molar-refractivity contribution is 5.64. The molecule has 18 heavy (non-hydrogen) atoms. The summed E-state index contributed by atoms with van der Waals surface area (Å²) < 4.78 is 7.68. The number of aryl methyl sites for hydroxylation is 2. The molecule has 0 radical (unpaired) electrons. The summed E-state index contributed by atoms with van der Waals surface area (Å²) >= 11 is 0. The van der Waals surface area contributed by atoms with Gasteiger partial charge >= 0.3 is 0 Å². The smallest absolute Gasteiger partial charge is 0.148 e. The number of nitrogens with two attached hydrogens (primary N) is 1. The first-order valence-electron chi connectivity index (χ1n) is 6.90. The van der Waals surface area contributed by atoms with Gasteiger partial charge in [0.25, 0.3) is 0 Å². The van der Waals surface area contributed by atoms with E-state index in [1.165, 1.54) is 12.8 Å². The topological polar surface area (TPSA) is 65.1 Å². The third-order valence-corrected chi connectivity index (χ3v) is 3.38. The summed E-state index contributed by atoms with van der Waals surface area (Å²) in [6.07, 6.45) is 4.94. The molecule has 1 atom stereocenters. The zero-order valence-corrected chi connectivity index (χ0v) is 11.4. The van der Waals surface area contributed by atoms with Gasteiger partial charge in [0.1, 0.15) is 5.82 Å². The van der Waals surface area contributed by atoms with Crippen LogP contribution in [0, 0.1) is 6.92 Å². The van der Waals surface area contributed by atoms with Crippen molar-refractivity contribution in [3.05, 3.63) is 5.69 Å². The number of ether oxygens (including phenoxy) is 1. The summed E-state index contributed by atoms with van der Waals surface area (Å²) in [6.45, 7) is 6.69. The fourth-order valence-corrected chi connectivity index (χ4v) is 2.33. The number of hydrogen-bond donors (Lipinski definition) is 2. The molecule has 0 amide bonds. The van der Waals surface area contributed by atoms with Gasteiger partial charge in [0.05, 0.1) is 17.5 Å². The maximum Gasteiger partial charge on any atom is 0.148 e. The van der Waals surface area contributed by atoms with Crippen molar-refractivity contribution in [3.63, 3.8) is 0 Å². The van der Waals surface area contributed by atoms with Gasteiger partial charge in [0.15, 0.2) is 0 Å². The molecule has 1 aromatic rings. The first-order chi connectivity index (χ1) is 8.72. The van der Waals surface area contributed by atoms with E-state index in [4.69, 9.17) is 10.5 Å². The van der Waals surface area contributed by atoms with Crippen LogP contribution >= 0.6 is 0 Å². The minimum atomic E-state index is 0.309. The Morgan fingerprint density at radius 3 is 3.00 bits per heavy atom. The zero-order valence-electron chi connectivity index (χ0n) is 11.4. The molecule has 2 heterocycles. The lowest BCUT2D eigenvalue weighted by Gasteiger charge is -2.23. The summed E-state index contributed by atoms with van der Waals surface area (Å²) in [4.78, 5) is 0. The monoisotopic (exact) mass is 252 g/mol. The van der Waals surface area contributed by atoms with Crippen LogP contribution < -0.4 is 11.1 Å². The maximum atomic E-state index is 6.06. The maximum absolute atomic E-state index is 6.06. The second-order valence-corrected chi connectivity index (χ2v) is 4.94. The summed E-state index contributed by atoms with van der Waals surface area (Å²) in [7, 11) is 0. The minimum Gasteiger partial charge on any atom is -0.394 e. The largest absolute Gasteiger partial charge is 0.394 e. The Morgan fingerprint density at radius 2 is 2.33 bits per heavy atom. The summed E-state index contributed by atoms with van der Waals surface area (Å²) in [5.41, 5.74) is 7.72. The molecule has 1 fully saturated rings. The lowest BCUT2D eigenvalue weighted by atomic mass is 10.1. The van der Waals surface area contributed by atoms with E-state index in [9.17, 15) is 0 Å². The number of hydrogen-bond acceptors (Lipinski definition) is 4. The van der Waals surface area contributed by atoms with Crippen LogP contribution in [-0.4, -0.2) is 29.0 Å². The van der Waals surface area contributed by atoms with Crippen LogP contribution in [0.3, 0.4) is 0 Å². The minimum absolute atomic E-state index is 0.309. The number of rotatable bonds is 5. The van der Waals surface area contributed by atoms with Gasteiger partial charge in [-0.15, -0.1) is 0 Å². The predicted molar refractivity (Wildman–Crippen MR) is 73.7 cm³/mol. The van der Waals surface area contributed by atoms with Gasteiger partial charge in [-0.25, -0.2) is 4.68 Å². The van der Waals surface area contributed by atoms with E-state index < -0.39 is 0 Å². The molecular weight excluding hydrogens is 228 g/mol. The van der Waals surface area contributed by atoms with Crippen molar-refractivity contribution in [2.24, 2.45) is 0 Å². The highest BCUT2D eigenvalue weighted by Crippen LogP contribution is 2.23. The lowest BCUT2D eigenvalue weighted by Crippen LogP contribution is -2.28. The van der Waals surface area contributed by atoms with Gasteiger partial charge in [-0.05, 0) is 32.6 Å². The van der Waals surface area contributed by atoms with Gasteiger partial charge in [-0.2, -0.15) is 5.10 Å². The number of nitrogen functional groups attached to an aromatic ring is 1. The molecule has 102 valence electrons. The average molecular weight is 252 g/mol. The summed E-state index contributed by atoms with van der Waals surface area (Å²) in [6, 6.07) is 0. The van der Waals surface area contributed by atoms with Gasteiger partial charge < -0.3 is 15.8 Å². The molecule has 5 nitrogen and oxygen atoms in total. The molecular formula is C13H24N4O. The van der Waals surface area contributed by atoms with Gasteiger partial charge in [0, 0.05) is 19.7 Å². The zero-order chi connectivity index (χ0) is 13.0. The molecule has 1 unspecified atom stereocenters. The predicted octanol–water partition coefficient (Wildman–Crippen LogP) is 2.16. The highest BCUT2D eigenvalue weighted by Gasteiger charge is 2.16. The molecule has 1 saturated heterocycles. The fourth-order valence-electron chi connectivity index (χ4n) is 2.33. The van der Waals surface area contributed by atoms with Crippen molar-refractivity contribution in [3.8, 4) is 0 Å². The fraction of sp³-hybridized carbons (Fsp3) is 0.769. The SMILES string of the molecule is CCCn1nc(C)c(N)c1NCC1CCCCO1. The average Bonchev–Trinajstić information content (AvgIpc) is 2.65. The molecule has 0 aromatic carbocycles. The lowest BCUT2D eigenvalue weighted by molar-refractivity contribution is 0.0247. The van der Waals surface area contributed by atoms with Crippen LogP contribution in [0.25, 0.3) is 0 Å². The van der Waals surface area contributed by atoms with Crippen molar-refractivity contribution >= 4 is 11.5 Å². The summed E-state index contributed by atoms with van der Waals surface area (Å²) in [5, 5.41) is 7.86. The van der Waals surface area contributed by atoms with Crippen molar-refractivity contribution in [1.29, 1.82) is 0 Å². The van der Waals surface area contributed by atoms with E-state index in [1.807, 2.05) is 11.6 Å². The Kier molecular flexibility index (Phi) is 4.47. The Hall–Kier alpha value is -1.23. The van der Waals surface area contributed by atoms with Crippen LogP contribution in [0.4, 0.5) is 11.5 Å². The van der Waals surface area contributed by atoms with Crippen LogP contribution in [0.2, 0.25) is 0 Å². The normalized spacial score (nSPS) is 20.0. The molecule has 5 heteroatoms. The van der Waals surface area contributed by atoms with Gasteiger partial charge in [0.2, 0.25) is 0 Å². The Labute approximate surface area is 109 Å². The van der Waals surface area contributed by atoms with Crippen molar-refractivity contribution in [2.75, 3.05) is 24.2 Å². The molecule has 2 rings (SSSR count). The second-order valence-electron chi connectivity index (χ2n) is 4.94. The number of nitrogens with zero attached hydrogens (tertiary/aromatic N) is 2. The number of aromatic nitrogens is 2. The molecule has 0 saturated carbocycles. The van der Waals surface area contributed by atoms with Gasteiger partial charge in [-0.1, -0.05) is 6.92 Å². The van der Waals surface area contributed by atoms with Crippen LogP contribution in [-0.2, 0) is 11.3 Å².